The number of anilines is 1. The third kappa shape index (κ3) is 4.18. The van der Waals surface area contributed by atoms with Crippen molar-refractivity contribution in [2.45, 2.75) is 37.8 Å². The lowest BCUT2D eigenvalue weighted by atomic mass is 10.0. The molecule has 10 nitrogen and oxygen atoms in total. The number of hydrogen-bond donors (Lipinski definition) is 1. The van der Waals surface area contributed by atoms with Gasteiger partial charge in [-0.1, -0.05) is 0 Å². The number of aromatic nitrogens is 4. The largest absolute Gasteiger partial charge is 0.474 e. The van der Waals surface area contributed by atoms with Crippen molar-refractivity contribution in [3.8, 4) is 17.3 Å². The number of amides is 1. The molecule has 2 fully saturated rings. The third-order valence-electron chi connectivity index (χ3n) is 7.10. The fourth-order valence-electron chi connectivity index (χ4n) is 5.00. The van der Waals surface area contributed by atoms with Crippen LogP contribution in [0, 0.1) is 0 Å². The van der Waals surface area contributed by atoms with Crippen molar-refractivity contribution in [2.75, 3.05) is 38.7 Å². The van der Waals surface area contributed by atoms with Crippen molar-refractivity contribution in [1.29, 1.82) is 0 Å². The summed E-state index contributed by atoms with van der Waals surface area (Å²) in [5.41, 5.74) is 2.22. The van der Waals surface area contributed by atoms with E-state index in [1.165, 1.54) is 0 Å². The molecule has 2 saturated heterocycles. The Balaban J connectivity index is 1.29. The van der Waals surface area contributed by atoms with Gasteiger partial charge in [0.05, 0.1) is 17.6 Å². The first kappa shape index (κ1) is 21.8. The molecule has 2 aliphatic rings. The van der Waals surface area contributed by atoms with E-state index in [0.29, 0.717) is 36.4 Å². The summed E-state index contributed by atoms with van der Waals surface area (Å²) in [7, 11) is 4.29. The molecule has 1 unspecified atom stereocenters. The second kappa shape index (κ2) is 8.84. The van der Waals surface area contributed by atoms with E-state index in [0.717, 1.165) is 54.8 Å². The minimum atomic E-state index is 0.0186. The third-order valence-corrected chi connectivity index (χ3v) is 7.10. The van der Waals surface area contributed by atoms with Crippen LogP contribution in [0.2, 0.25) is 0 Å². The zero-order valence-corrected chi connectivity index (χ0v) is 20.0. The predicted molar refractivity (Wildman–Crippen MR) is 132 cm³/mol. The number of piperidine rings is 1. The Morgan fingerprint density at radius 2 is 2.06 bits per heavy atom. The molecule has 0 aliphatic carbocycles. The van der Waals surface area contributed by atoms with Gasteiger partial charge in [0.25, 0.3) is 0 Å². The van der Waals surface area contributed by atoms with E-state index in [2.05, 4.69) is 39.3 Å². The summed E-state index contributed by atoms with van der Waals surface area (Å²) in [5, 5.41) is 8.51. The van der Waals surface area contributed by atoms with Crippen LogP contribution >= 0.6 is 0 Å². The number of nitrogens with zero attached hydrogens (tertiary/aromatic N) is 6. The average molecular weight is 476 g/mol. The molecule has 1 atom stereocenters. The van der Waals surface area contributed by atoms with Crippen molar-refractivity contribution >= 4 is 28.3 Å². The first-order valence-corrected chi connectivity index (χ1v) is 12.1. The summed E-state index contributed by atoms with van der Waals surface area (Å²) in [4.78, 5) is 25.3. The summed E-state index contributed by atoms with van der Waals surface area (Å²) in [5.74, 6) is 2.14. The van der Waals surface area contributed by atoms with Gasteiger partial charge in [-0.15, -0.1) is 5.10 Å². The maximum atomic E-state index is 11.4. The fraction of sp³-hybridized carbons (Fsp3) is 0.440. The summed E-state index contributed by atoms with van der Waals surface area (Å²) < 4.78 is 13.8. The number of carbonyl (C=O) groups is 1. The number of furan rings is 1. The number of nitrogens with one attached hydrogen (secondary N) is 1. The van der Waals surface area contributed by atoms with Gasteiger partial charge in [0.2, 0.25) is 11.8 Å². The van der Waals surface area contributed by atoms with E-state index in [4.69, 9.17) is 14.1 Å². The van der Waals surface area contributed by atoms with Crippen LogP contribution in [0.3, 0.4) is 0 Å². The van der Waals surface area contributed by atoms with Crippen LogP contribution in [0.15, 0.2) is 41.1 Å². The first-order valence-electron chi connectivity index (χ1n) is 12.1. The van der Waals surface area contributed by atoms with Crippen molar-refractivity contribution in [1.82, 2.24) is 29.8 Å². The molecule has 0 bridgehead atoms. The molecule has 6 rings (SSSR count). The smallest absolute Gasteiger partial charge is 0.231 e. The van der Waals surface area contributed by atoms with Crippen LogP contribution in [0.4, 0.5) is 5.82 Å². The lowest BCUT2D eigenvalue weighted by Gasteiger charge is -2.35. The second-order valence-corrected chi connectivity index (χ2v) is 9.50. The van der Waals surface area contributed by atoms with E-state index in [1.54, 1.807) is 23.0 Å². The monoisotopic (exact) mass is 475 g/mol. The molecule has 0 radical (unpaired) electrons. The van der Waals surface area contributed by atoms with E-state index in [1.807, 2.05) is 18.2 Å². The highest BCUT2D eigenvalue weighted by Crippen LogP contribution is 2.34. The number of pyridine rings is 1. The standard InChI is InChI=1S/C25H29N7O3/c1-30-11-8-17(9-12-30)31(2)25-18-13-21(35-20(18)7-10-26-25)19-14-27-22-4-6-24(29-32(19)22)34-15-16-3-5-23(33)28-16/h4,6-7,10,13-14,16-17H,3,5,8-9,11-12,15H2,1-2H3,(H,28,33). The van der Waals surface area contributed by atoms with Gasteiger partial charge in [-0.3, -0.25) is 4.79 Å². The fourth-order valence-corrected chi connectivity index (χ4v) is 5.00. The molecule has 1 amide bonds. The molecule has 6 heterocycles. The van der Waals surface area contributed by atoms with E-state index in [-0.39, 0.29) is 11.9 Å². The summed E-state index contributed by atoms with van der Waals surface area (Å²) >= 11 is 0. The van der Waals surface area contributed by atoms with Gasteiger partial charge >= 0.3 is 0 Å². The highest BCUT2D eigenvalue weighted by molar-refractivity contribution is 5.92. The minimum Gasteiger partial charge on any atom is -0.474 e. The molecular weight excluding hydrogens is 446 g/mol. The highest BCUT2D eigenvalue weighted by Gasteiger charge is 2.25. The Kier molecular flexibility index (Phi) is 5.52. The van der Waals surface area contributed by atoms with Crippen LogP contribution in [-0.2, 0) is 4.79 Å². The Bertz CT molecular complexity index is 1370. The highest BCUT2D eigenvalue weighted by atomic mass is 16.5. The van der Waals surface area contributed by atoms with E-state index in [9.17, 15) is 4.79 Å². The van der Waals surface area contributed by atoms with Crippen molar-refractivity contribution in [3.05, 3.63) is 36.7 Å². The summed E-state index contributed by atoms with van der Waals surface area (Å²) in [6, 6.07) is 8.04. The van der Waals surface area contributed by atoms with Crippen molar-refractivity contribution < 1.29 is 13.9 Å². The Hall–Kier alpha value is -3.66. The topological polar surface area (TPSA) is 101 Å². The molecule has 10 heteroatoms. The quantitative estimate of drug-likeness (QED) is 0.454. The van der Waals surface area contributed by atoms with Gasteiger partial charge in [0, 0.05) is 31.8 Å². The number of imidazole rings is 1. The number of carbonyl (C=O) groups excluding carboxylic acids is 1. The molecule has 0 spiro atoms. The van der Waals surface area contributed by atoms with Crippen molar-refractivity contribution in [3.63, 3.8) is 0 Å². The van der Waals surface area contributed by atoms with Gasteiger partial charge in [-0.2, -0.15) is 0 Å². The molecule has 35 heavy (non-hydrogen) atoms. The predicted octanol–water partition coefficient (Wildman–Crippen LogP) is 2.73. The van der Waals surface area contributed by atoms with Crippen LogP contribution in [0.25, 0.3) is 28.1 Å². The number of fused-ring (bicyclic) bond motifs is 2. The molecule has 2 aliphatic heterocycles. The maximum Gasteiger partial charge on any atom is 0.231 e. The molecular formula is C25H29N7O3. The van der Waals surface area contributed by atoms with Crippen molar-refractivity contribution in [2.24, 2.45) is 0 Å². The van der Waals surface area contributed by atoms with Gasteiger partial charge in [0.1, 0.15) is 23.7 Å². The van der Waals surface area contributed by atoms with E-state index >= 15 is 0 Å². The number of hydrogen-bond acceptors (Lipinski definition) is 8. The molecule has 0 aromatic carbocycles. The van der Waals surface area contributed by atoms with Crippen LogP contribution in [0.1, 0.15) is 25.7 Å². The summed E-state index contributed by atoms with van der Waals surface area (Å²) in [6.07, 6.45) is 7.10. The number of likely N-dealkylation sites (tertiary alicyclic amines) is 1. The Labute approximate surface area is 202 Å². The van der Waals surface area contributed by atoms with Gasteiger partial charge in [0.15, 0.2) is 11.4 Å². The number of ether oxygens (including phenoxy) is 1. The zero-order chi connectivity index (χ0) is 23.9. The Morgan fingerprint density at radius 1 is 1.20 bits per heavy atom. The van der Waals surface area contributed by atoms with Gasteiger partial charge in [-0.25, -0.2) is 14.5 Å². The second-order valence-electron chi connectivity index (χ2n) is 9.50. The van der Waals surface area contributed by atoms with Crippen LogP contribution in [-0.4, -0.2) is 76.3 Å². The maximum absolute atomic E-state index is 11.4. The van der Waals surface area contributed by atoms with Crippen LogP contribution in [0.5, 0.6) is 5.88 Å². The zero-order valence-electron chi connectivity index (χ0n) is 20.0. The molecule has 0 saturated carbocycles. The van der Waals surface area contributed by atoms with E-state index < -0.39 is 0 Å². The molecule has 182 valence electrons. The summed E-state index contributed by atoms with van der Waals surface area (Å²) in [6.45, 7) is 2.57. The normalized spacial score (nSPS) is 19.5. The molecule has 1 N–H and O–H groups in total. The first-order chi connectivity index (χ1) is 17.0. The molecule has 4 aromatic rings. The van der Waals surface area contributed by atoms with Gasteiger partial charge < -0.3 is 24.3 Å². The lowest BCUT2D eigenvalue weighted by molar-refractivity contribution is -0.119. The lowest BCUT2D eigenvalue weighted by Crippen LogP contribution is -2.42. The SMILES string of the molecule is CN1CCC(N(C)c2nccc3oc(-c4cnc5ccc(OCC6CCC(=O)N6)nn45)cc23)CC1. The minimum absolute atomic E-state index is 0.0186. The average Bonchev–Trinajstić information content (AvgIpc) is 3.59. The Morgan fingerprint density at radius 3 is 2.86 bits per heavy atom. The van der Waals surface area contributed by atoms with Gasteiger partial charge in [-0.05, 0) is 57.6 Å². The molecule has 4 aromatic heterocycles. The number of rotatable bonds is 6. The van der Waals surface area contributed by atoms with Crippen LogP contribution < -0.4 is 15.0 Å².